The SMILES string of the molecule is CCn1ncc(-c2cc(C(F)F)nc3sc(C(N)=O)c(NC(=O)c4ccn(COc5ccccc5[N+](=O)[O-])n4)c23)c1C. The summed E-state index contributed by atoms with van der Waals surface area (Å²) in [6.07, 6.45) is 0.0548. The average Bonchev–Trinajstić information content (AvgIpc) is 3.68. The van der Waals surface area contributed by atoms with Crippen LogP contribution in [0.3, 0.4) is 0 Å². The van der Waals surface area contributed by atoms with Gasteiger partial charge in [-0.1, -0.05) is 12.1 Å². The Morgan fingerprint density at radius 1 is 1.24 bits per heavy atom. The maximum atomic E-state index is 13.8. The Kier molecular flexibility index (Phi) is 7.62. The van der Waals surface area contributed by atoms with Crippen molar-refractivity contribution in [2.45, 2.75) is 33.5 Å². The standard InChI is InChI=1S/C26H22F2N8O5S/c1-3-35-13(2)15(11-30-35)14-10-17(23(27)28)31-26-20(14)21(22(42-26)24(29)37)32-25(38)16-8-9-34(33-16)12-41-19-7-5-4-6-18(19)36(39)40/h4-11,23H,3,12H2,1-2H3,(H2,29,37)(H,32,38). The fraction of sp³-hybridized carbons (Fsp3) is 0.192. The molecule has 4 heterocycles. The number of alkyl halides is 2. The Morgan fingerprint density at radius 2 is 2.00 bits per heavy atom. The van der Waals surface area contributed by atoms with Crippen LogP contribution in [0.15, 0.2) is 48.8 Å². The van der Waals surface area contributed by atoms with Gasteiger partial charge in [0.15, 0.2) is 18.2 Å². The molecule has 0 fully saturated rings. The number of ether oxygens (including phenoxy) is 1. The number of nitrogens with one attached hydrogen (secondary N) is 1. The number of benzene rings is 1. The summed E-state index contributed by atoms with van der Waals surface area (Å²) in [7, 11) is 0. The molecule has 0 atom stereocenters. The van der Waals surface area contributed by atoms with E-state index in [4.69, 9.17) is 10.5 Å². The Labute approximate surface area is 239 Å². The summed E-state index contributed by atoms with van der Waals surface area (Å²) in [6.45, 7) is 3.95. The van der Waals surface area contributed by atoms with Gasteiger partial charge in [0.05, 0.1) is 16.8 Å². The third-order valence-electron chi connectivity index (χ3n) is 6.35. The number of nitrogens with two attached hydrogens (primary N) is 1. The number of primary amides is 1. The lowest BCUT2D eigenvalue weighted by Gasteiger charge is -2.10. The van der Waals surface area contributed by atoms with Gasteiger partial charge in [0.2, 0.25) is 0 Å². The molecule has 0 aliphatic carbocycles. The molecule has 216 valence electrons. The zero-order chi connectivity index (χ0) is 30.1. The number of amides is 2. The smallest absolute Gasteiger partial charge is 0.311 e. The van der Waals surface area contributed by atoms with Gasteiger partial charge in [0.25, 0.3) is 18.2 Å². The van der Waals surface area contributed by atoms with Gasteiger partial charge in [-0.3, -0.25) is 24.4 Å². The first-order valence-electron chi connectivity index (χ1n) is 12.4. The van der Waals surface area contributed by atoms with Gasteiger partial charge >= 0.3 is 5.69 Å². The van der Waals surface area contributed by atoms with Crippen molar-refractivity contribution in [2.75, 3.05) is 5.32 Å². The largest absolute Gasteiger partial charge is 0.464 e. The fourth-order valence-corrected chi connectivity index (χ4v) is 5.38. The lowest BCUT2D eigenvalue weighted by molar-refractivity contribution is -0.386. The van der Waals surface area contributed by atoms with Gasteiger partial charge < -0.3 is 15.8 Å². The van der Waals surface area contributed by atoms with E-state index >= 15 is 0 Å². The number of fused-ring (bicyclic) bond motifs is 1. The summed E-state index contributed by atoms with van der Waals surface area (Å²) in [5.41, 5.74) is 6.31. The second kappa shape index (κ2) is 11.3. The van der Waals surface area contributed by atoms with E-state index in [9.17, 15) is 28.5 Å². The molecule has 5 rings (SSSR count). The lowest BCUT2D eigenvalue weighted by atomic mass is 10.0. The number of rotatable bonds is 10. The van der Waals surface area contributed by atoms with E-state index in [1.54, 1.807) is 17.7 Å². The predicted octanol–water partition coefficient (Wildman–Crippen LogP) is 4.92. The molecule has 0 saturated carbocycles. The monoisotopic (exact) mass is 596 g/mol. The molecule has 13 nitrogen and oxygen atoms in total. The number of carbonyl (C=O) groups excluding carboxylic acids is 2. The number of aromatic nitrogens is 5. The van der Waals surface area contributed by atoms with Crippen LogP contribution in [0.5, 0.6) is 5.75 Å². The summed E-state index contributed by atoms with van der Waals surface area (Å²) in [5.74, 6) is -1.60. The van der Waals surface area contributed by atoms with E-state index in [0.717, 1.165) is 11.3 Å². The molecular weight excluding hydrogens is 574 g/mol. The summed E-state index contributed by atoms with van der Waals surface area (Å²) in [5, 5.41) is 22.6. The number of hydrogen-bond acceptors (Lipinski definition) is 9. The molecule has 3 N–H and O–H groups in total. The van der Waals surface area contributed by atoms with Crippen LogP contribution in [0.4, 0.5) is 20.2 Å². The molecule has 0 bridgehead atoms. The van der Waals surface area contributed by atoms with Crippen molar-refractivity contribution >= 4 is 44.7 Å². The number of nitro groups is 1. The zero-order valence-electron chi connectivity index (χ0n) is 22.1. The summed E-state index contributed by atoms with van der Waals surface area (Å²) in [4.78, 5) is 40.3. The van der Waals surface area contributed by atoms with E-state index in [2.05, 4.69) is 20.5 Å². The van der Waals surface area contributed by atoms with Gasteiger partial charge in [-0.05, 0) is 37.6 Å². The molecule has 0 unspecified atom stereocenters. The molecule has 0 aliphatic heterocycles. The minimum Gasteiger partial charge on any atom is -0.464 e. The molecule has 5 aromatic rings. The molecule has 0 radical (unpaired) electrons. The van der Waals surface area contributed by atoms with Crippen LogP contribution < -0.4 is 15.8 Å². The van der Waals surface area contributed by atoms with Crippen LogP contribution in [0, 0.1) is 17.0 Å². The van der Waals surface area contributed by atoms with Crippen LogP contribution in [0.25, 0.3) is 21.3 Å². The molecule has 1 aromatic carbocycles. The van der Waals surface area contributed by atoms with E-state index in [0.29, 0.717) is 23.4 Å². The number of anilines is 1. The molecule has 0 aliphatic rings. The normalized spacial score (nSPS) is 11.3. The van der Waals surface area contributed by atoms with E-state index < -0.39 is 28.9 Å². The highest BCUT2D eigenvalue weighted by atomic mass is 32.1. The third-order valence-corrected chi connectivity index (χ3v) is 7.45. The van der Waals surface area contributed by atoms with E-state index in [1.165, 1.54) is 47.4 Å². The maximum absolute atomic E-state index is 13.8. The second-order valence-electron chi connectivity index (χ2n) is 8.90. The van der Waals surface area contributed by atoms with Crippen LogP contribution in [0.1, 0.15) is 44.9 Å². The Hall–Kier alpha value is -5.25. The van der Waals surface area contributed by atoms with E-state index in [1.807, 2.05) is 6.92 Å². The molecule has 4 aromatic heterocycles. The Bertz CT molecular complexity index is 1850. The number of pyridine rings is 1. The van der Waals surface area contributed by atoms with Crippen LogP contribution in [-0.2, 0) is 13.3 Å². The number of nitro benzene ring substituents is 1. The molecular formula is C26H22F2N8O5S. The summed E-state index contributed by atoms with van der Waals surface area (Å²) in [6, 6.07) is 8.38. The molecule has 42 heavy (non-hydrogen) atoms. The lowest BCUT2D eigenvalue weighted by Crippen LogP contribution is -2.18. The quantitative estimate of drug-likeness (QED) is 0.169. The third kappa shape index (κ3) is 5.26. The topological polar surface area (TPSA) is 173 Å². The van der Waals surface area contributed by atoms with Gasteiger partial charge in [0.1, 0.15) is 15.4 Å². The number of carbonyl (C=O) groups is 2. The second-order valence-corrected chi connectivity index (χ2v) is 9.90. The summed E-state index contributed by atoms with van der Waals surface area (Å²) >= 11 is 0.781. The average molecular weight is 597 g/mol. The molecule has 0 saturated heterocycles. The summed E-state index contributed by atoms with van der Waals surface area (Å²) < 4.78 is 36.0. The van der Waals surface area contributed by atoms with Crippen molar-refractivity contribution in [2.24, 2.45) is 5.73 Å². The minimum atomic E-state index is -2.89. The Balaban J connectivity index is 1.50. The first kappa shape index (κ1) is 28.3. The number of halogens is 2. The van der Waals surface area contributed by atoms with E-state index in [-0.39, 0.29) is 44.6 Å². The van der Waals surface area contributed by atoms with Gasteiger partial charge in [-0.15, -0.1) is 11.3 Å². The fourth-order valence-electron chi connectivity index (χ4n) is 4.36. The molecule has 2 amide bonds. The highest BCUT2D eigenvalue weighted by molar-refractivity contribution is 7.21. The van der Waals surface area contributed by atoms with Crippen LogP contribution in [0.2, 0.25) is 0 Å². The molecule has 16 heteroatoms. The predicted molar refractivity (Wildman–Crippen MR) is 149 cm³/mol. The Morgan fingerprint density at radius 3 is 2.67 bits per heavy atom. The first-order chi connectivity index (χ1) is 20.1. The van der Waals surface area contributed by atoms with Crippen molar-refractivity contribution in [1.82, 2.24) is 24.5 Å². The number of thiophene rings is 1. The molecule has 0 spiro atoms. The van der Waals surface area contributed by atoms with Gasteiger partial charge in [-0.2, -0.15) is 10.2 Å². The number of aryl methyl sites for hydroxylation is 1. The maximum Gasteiger partial charge on any atom is 0.311 e. The van der Waals surface area contributed by atoms with Crippen LogP contribution >= 0.6 is 11.3 Å². The number of hydrogen-bond donors (Lipinski definition) is 2. The highest BCUT2D eigenvalue weighted by Crippen LogP contribution is 2.43. The van der Waals surface area contributed by atoms with Crippen molar-refractivity contribution < 1.29 is 28.0 Å². The number of nitrogens with zero attached hydrogens (tertiary/aromatic N) is 6. The van der Waals surface area contributed by atoms with Crippen LogP contribution in [-0.4, -0.2) is 41.3 Å². The van der Waals surface area contributed by atoms with Gasteiger partial charge in [0, 0.05) is 35.5 Å². The van der Waals surface area contributed by atoms with Crippen molar-refractivity contribution in [1.29, 1.82) is 0 Å². The van der Waals surface area contributed by atoms with Crippen molar-refractivity contribution in [3.8, 4) is 16.9 Å². The van der Waals surface area contributed by atoms with Crippen molar-refractivity contribution in [3.05, 3.63) is 80.9 Å². The highest BCUT2D eigenvalue weighted by Gasteiger charge is 2.27. The van der Waals surface area contributed by atoms with Crippen molar-refractivity contribution in [3.63, 3.8) is 0 Å². The first-order valence-corrected chi connectivity index (χ1v) is 13.2. The zero-order valence-corrected chi connectivity index (χ0v) is 22.9. The number of para-hydroxylation sites is 2. The van der Waals surface area contributed by atoms with Gasteiger partial charge in [-0.25, -0.2) is 18.4 Å². The minimum absolute atomic E-state index is 0.00479.